The highest BCUT2D eigenvalue weighted by atomic mass is 16.1. The third kappa shape index (κ3) is 0.452. The summed E-state index contributed by atoms with van der Waals surface area (Å²) >= 11 is 0. The molecule has 0 fully saturated rings. The number of hydrogen-bond acceptors (Lipinski definition) is 1. The molecule has 1 aliphatic heterocycles. The Labute approximate surface area is 63.6 Å². The van der Waals surface area contributed by atoms with Gasteiger partial charge >= 0.3 is 0 Å². The van der Waals surface area contributed by atoms with Crippen LogP contribution in [-0.2, 0) is 6.42 Å². The summed E-state index contributed by atoms with van der Waals surface area (Å²) in [5.74, 6) is -0.0608. The maximum Gasteiger partial charge on any atom is 0.277 e. The molecular weight excluding hydrogens is 138 g/mol. The van der Waals surface area contributed by atoms with Gasteiger partial charge in [0.1, 0.15) is 0 Å². The van der Waals surface area contributed by atoms with Crippen LogP contribution in [0.4, 0.5) is 0 Å². The molecule has 1 amide bonds. The van der Waals surface area contributed by atoms with Crippen molar-refractivity contribution in [3.05, 3.63) is 34.9 Å². The molecule has 0 saturated carbocycles. The molecule has 0 atom stereocenters. The van der Waals surface area contributed by atoms with Gasteiger partial charge in [-0.2, -0.15) is 0 Å². The molecule has 1 heterocycles. The number of benzene rings is 1. The van der Waals surface area contributed by atoms with Gasteiger partial charge in [-0.3, -0.25) is 4.79 Å². The lowest BCUT2D eigenvalue weighted by Gasteiger charge is -2.17. The van der Waals surface area contributed by atoms with E-state index in [0.29, 0.717) is 0 Å². The molecule has 0 bridgehead atoms. The molecule has 2 nitrogen and oxygen atoms in total. The zero-order valence-corrected chi connectivity index (χ0v) is 5.79. The molecule has 0 N–H and O–H groups in total. The van der Waals surface area contributed by atoms with E-state index in [0.717, 1.165) is 23.3 Å². The Hall–Kier alpha value is -1.44. The predicted molar refractivity (Wildman–Crippen MR) is 41.0 cm³/mol. The van der Waals surface area contributed by atoms with E-state index in [1.165, 1.54) is 5.56 Å². The van der Waals surface area contributed by atoms with Crippen LogP contribution >= 0.6 is 0 Å². The summed E-state index contributed by atoms with van der Waals surface area (Å²) in [6.45, 7) is 0. The van der Waals surface area contributed by atoms with Crippen molar-refractivity contribution >= 4 is 11.6 Å². The van der Waals surface area contributed by atoms with E-state index < -0.39 is 0 Å². The van der Waals surface area contributed by atoms with Gasteiger partial charge in [-0.05, 0) is 11.6 Å². The van der Waals surface area contributed by atoms with Gasteiger partial charge in [0.15, 0.2) is 0 Å². The first-order chi connectivity index (χ1) is 5.36. The van der Waals surface area contributed by atoms with Crippen LogP contribution in [0.15, 0.2) is 23.2 Å². The van der Waals surface area contributed by atoms with E-state index in [4.69, 9.17) is 0 Å². The summed E-state index contributed by atoms with van der Waals surface area (Å²) in [5, 5.41) is 0. The Balaban J connectivity index is 2.47. The smallest absolute Gasteiger partial charge is 0.267 e. The van der Waals surface area contributed by atoms with Crippen molar-refractivity contribution in [1.29, 1.82) is 0 Å². The van der Waals surface area contributed by atoms with Crippen LogP contribution in [0, 0.1) is 0 Å². The Morgan fingerprint density at radius 1 is 1.36 bits per heavy atom. The zero-order valence-electron chi connectivity index (χ0n) is 5.79. The maximum absolute atomic E-state index is 11.1. The summed E-state index contributed by atoms with van der Waals surface area (Å²) < 4.78 is 0. The fourth-order valence-electron chi connectivity index (χ4n) is 1.71. The van der Waals surface area contributed by atoms with Crippen molar-refractivity contribution in [3.63, 3.8) is 0 Å². The van der Waals surface area contributed by atoms with Crippen LogP contribution < -0.4 is 0 Å². The van der Waals surface area contributed by atoms with Crippen molar-refractivity contribution in [3.8, 4) is 0 Å². The Morgan fingerprint density at radius 2 is 2.27 bits per heavy atom. The molecule has 0 spiro atoms. The van der Waals surface area contributed by atoms with Crippen molar-refractivity contribution in [2.75, 3.05) is 0 Å². The lowest BCUT2D eigenvalue weighted by atomic mass is 9.85. The van der Waals surface area contributed by atoms with Crippen LogP contribution in [-0.4, -0.2) is 11.6 Å². The van der Waals surface area contributed by atoms with Gasteiger partial charge in [0.05, 0.1) is 11.3 Å². The van der Waals surface area contributed by atoms with E-state index in [-0.39, 0.29) is 5.91 Å². The molecule has 1 aromatic rings. The second kappa shape index (κ2) is 1.42. The minimum atomic E-state index is -0.0608. The highest BCUT2D eigenvalue weighted by molar-refractivity contribution is 6.26. The van der Waals surface area contributed by atoms with Gasteiger partial charge in [-0.1, -0.05) is 12.1 Å². The second-order valence-electron chi connectivity index (χ2n) is 2.88. The van der Waals surface area contributed by atoms with Crippen LogP contribution in [0.25, 0.3) is 0 Å². The zero-order chi connectivity index (χ0) is 7.42. The Morgan fingerprint density at radius 3 is 3.09 bits per heavy atom. The number of carbonyl (C=O) groups excluding carboxylic acids is 1. The van der Waals surface area contributed by atoms with Gasteiger partial charge in [0, 0.05) is 12.0 Å². The van der Waals surface area contributed by atoms with Gasteiger partial charge in [-0.15, -0.1) is 0 Å². The second-order valence-corrected chi connectivity index (χ2v) is 2.88. The third-order valence-corrected chi connectivity index (χ3v) is 2.26. The normalized spacial score (nSPS) is 17.5. The number of amides is 1. The van der Waals surface area contributed by atoms with Gasteiger partial charge in [0.2, 0.25) is 0 Å². The molecular formula is C9H5NO. The molecule has 1 aromatic carbocycles. The minimum absolute atomic E-state index is 0.0608. The minimum Gasteiger partial charge on any atom is -0.267 e. The topological polar surface area (TPSA) is 29.4 Å². The first-order valence-corrected chi connectivity index (χ1v) is 3.60. The molecule has 2 aliphatic rings. The summed E-state index contributed by atoms with van der Waals surface area (Å²) in [7, 11) is 0. The number of aliphatic imine (C=N–C) groups is 1. The summed E-state index contributed by atoms with van der Waals surface area (Å²) in [6.07, 6.45) is 0.884. The lowest BCUT2D eigenvalue weighted by Crippen LogP contribution is -2.17. The molecule has 0 saturated heterocycles. The summed E-state index contributed by atoms with van der Waals surface area (Å²) in [5.41, 5.74) is 4.16. The number of nitrogens with zero attached hydrogens (tertiary/aromatic N) is 1. The van der Waals surface area contributed by atoms with Gasteiger partial charge in [0.25, 0.3) is 5.91 Å². The first kappa shape index (κ1) is 5.24. The van der Waals surface area contributed by atoms with E-state index in [1.54, 1.807) is 0 Å². The standard InChI is InChI=1S/C9H5NO/c11-9-6-3-1-2-5-4-7(10-9)8(5)6/h1-3H,4H2. The molecule has 11 heavy (non-hydrogen) atoms. The fraction of sp³-hybridized carbons (Fsp3) is 0.111. The molecule has 2 heteroatoms. The number of carbonyl (C=O) groups is 1. The van der Waals surface area contributed by atoms with E-state index in [1.807, 2.05) is 12.1 Å². The molecule has 0 radical (unpaired) electrons. The summed E-state index contributed by atoms with van der Waals surface area (Å²) in [4.78, 5) is 15.0. The highest BCUT2D eigenvalue weighted by Gasteiger charge is 2.32. The van der Waals surface area contributed by atoms with Crippen LogP contribution in [0.5, 0.6) is 0 Å². The number of rotatable bonds is 0. The quantitative estimate of drug-likeness (QED) is 0.536. The predicted octanol–water partition coefficient (Wildman–Crippen LogP) is 1.19. The first-order valence-electron chi connectivity index (χ1n) is 3.60. The van der Waals surface area contributed by atoms with Crippen molar-refractivity contribution in [2.45, 2.75) is 6.42 Å². The lowest BCUT2D eigenvalue weighted by molar-refractivity contribution is 0.101. The Kier molecular flexibility index (Phi) is 0.677. The van der Waals surface area contributed by atoms with Crippen molar-refractivity contribution < 1.29 is 4.79 Å². The molecule has 0 aromatic heterocycles. The van der Waals surface area contributed by atoms with Gasteiger partial charge < -0.3 is 0 Å². The van der Waals surface area contributed by atoms with E-state index >= 15 is 0 Å². The van der Waals surface area contributed by atoms with Crippen molar-refractivity contribution in [2.24, 2.45) is 4.99 Å². The van der Waals surface area contributed by atoms with E-state index in [9.17, 15) is 4.79 Å². The van der Waals surface area contributed by atoms with Crippen LogP contribution in [0.3, 0.4) is 0 Å². The van der Waals surface area contributed by atoms with Crippen LogP contribution in [0.1, 0.15) is 21.5 Å². The number of hydrogen-bond donors (Lipinski definition) is 0. The average Bonchev–Trinajstić information content (AvgIpc) is 2.25. The maximum atomic E-state index is 11.1. The highest BCUT2D eigenvalue weighted by Crippen LogP contribution is 2.32. The van der Waals surface area contributed by atoms with Crippen LogP contribution in [0.2, 0.25) is 0 Å². The largest absolute Gasteiger partial charge is 0.277 e. The molecule has 52 valence electrons. The Bertz CT molecular complexity index is 404. The fourth-order valence-corrected chi connectivity index (χ4v) is 1.71. The third-order valence-electron chi connectivity index (χ3n) is 2.26. The molecule has 3 rings (SSSR count). The molecule has 0 unspecified atom stereocenters. The van der Waals surface area contributed by atoms with Gasteiger partial charge in [-0.25, -0.2) is 4.99 Å². The monoisotopic (exact) mass is 143 g/mol. The SMILES string of the molecule is O=C1N=C2Cc3cccc1c32. The summed E-state index contributed by atoms with van der Waals surface area (Å²) in [6, 6.07) is 5.82. The molecule has 1 aliphatic carbocycles. The van der Waals surface area contributed by atoms with Crippen molar-refractivity contribution in [1.82, 2.24) is 0 Å². The average molecular weight is 143 g/mol. The van der Waals surface area contributed by atoms with E-state index in [2.05, 4.69) is 11.1 Å².